The Kier molecular flexibility index (Phi) is 34.7. The van der Waals surface area contributed by atoms with Crippen LogP contribution in [0.2, 0.25) is 0 Å². The summed E-state index contributed by atoms with van der Waals surface area (Å²) < 4.78 is 0. The minimum atomic E-state index is -1.23. The molecule has 0 aromatic carbocycles. The number of carboxylic acid groups (broad SMARTS) is 3. The van der Waals surface area contributed by atoms with Gasteiger partial charge in [-0.1, -0.05) is 0 Å². The zero-order valence-electron chi connectivity index (χ0n) is 9.32. The lowest BCUT2D eigenvalue weighted by Gasteiger charge is -1.89. The van der Waals surface area contributed by atoms with E-state index in [-0.39, 0.29) is 13.1 Å². The van der Waals surface area contributed by atoms with Gasteiger partial charge in [0.15, 0.2) is 0 Å². The van der Waals surface area contributed by atoms with Crippen LogP contribution in [-0.2, 0) is 14.4 Å². The third kappa shape index (κ3) is 292. The summed E-state index contributed by atoms with van der Waals surface area (Å²) in [6, 6.07) is 0. The second-order valence-electron chi connectivity index (χ2n) is 1.95. The Morgan fingerprint density at radius 3 is 1.38 bits per heavy atom. The first-order valence-electron chi connectivity index (χ1n) is 4.00. The molecule has 0 aromatic rings. The molecule has 0 aromatic heterocycles. The van der Waals surface area contributed by atoms with E-state index in [1.54, 1.807) is 6.92 Å². The van der Waals surface area contributed by atoms with Crippen LogP contribution in [0.3, 0.4) is 0 Å². The Morgan fingerprint density at radius 2 is 1.38 bits per heavy atom. The molecular weight excluding hydrogens is 224 g/mol. The van der Waals surface area contributed by atoms with Crippen LogP contribution in [0, 0.1) is 0 Å². The number of aliphatic hydroxyl groups excluding tert-OH is 2. The van der Waals surface area contributed by atoms with Crippen molar-refractivity contribution in [2.45, 2.75) is 26.9 Å². The second kappa shape index (κ2) is 23.3. The van der Waals surface area contributed by atoms with Gasteiger partial charge < -0.3 is 25.5 Å². The molecule has 0 aliphatic rings. The quantitative estimate of drug-likeness (QED) is 0.376. The highest BCUT2D eigenvalue weighted by Crippen LogP contribution is 1.73. The lowest BCUT2D eigenvalue weighted by Crippen LogP contribution is -2.13. The lowest BCUT2D eigenvalue weighted by molar-refractivity contribution is -0.145. The van der Waals surface area contributed by atoms with Crippen LogP contribution in [0.25, 0.3) is 0 Å². The van der Waals surface area contributed by atoms with Crippen LogP contribution in [0.15, 0.2) is 0 Å². The topological polar surface area (TPSA) is 152 Å². The molecule has 8 heteroatoms. The predicted molar refractivity (Wildman–Crippen MR) is 54.1 cm³/mol. The van der Waals surface area contributed by atoms with Gasteiger partial charge in [-0.3, -0.25) is 9.59 Å². The van der Waals surface area contributed by atoms with E-state index < -0.39 is 18.0 Å². The van der Waals surface area contributed by atoms with Crippen LogP contribution in [0.1, 0.15) is 20.8 Å². The van der Waals surface area contributed by atoms with E-state index in [0.29, 0.717) is 0 Å². The standard InChI is InChI=1S/C3H6O3.C2H4O2.C2H6O.CH2O2/c1-2(4)3(5)6;1-2(3)4;1-2-3;2-1-3/h2,4H,1H3,(H,5,6);1H3,(H,3,4);3H,2H2,1H3;1H,(H,2,3). The monoisotopic (exact) mass is 242 g/mol. The molecule has 1 unspecified atom stereocenters. The summed E-state index contributed by atoms with van der Waals surface area (Å²) in [4.78, 5) is 26.8. The van der Waals surface area contributed by atoms with Crippen molar-refractivity contribution in [1.82, 2.24) is 0 Å². The fourth-order valence-electron chi connectivity index (χ4n) is 0. The molecule has 0 amide bonds. The Hall–Kier alpha value is -1.67. The van der Waals surface area contributed by atoms with Crippen LogP contribution in [0.4, 0.5) is 0 Å². The van der Waals surface area contributed by atoms with Crippen molar-refractivity contribution in [3.63, 3.8) is 0 Å². The van der Waals surface area contributed by atoms with Crippen molar-refractivity contribution in [2.24, 2.45) is 0 Å². The predicted octanol–water partition coefficient (Wildman–Crippen LogP) is -0.758. The molecule has 0 saturated heterocycles. The Labute approximate surface area is 92.8 Å². The normalized spacial score (nSPS) is 8.56. The van der Waals surface area contributed by atoms with Gasteiger partial charge in [-0.25, -0.2) is 4.79 Å². The van der Waals surface area contributed by atoms with Gasteiger partial charge in [-0.2, -0.15) is 0 Å². The molecule has 98 valence electrons. The van der Waals surface area contributed by atoms with Gasteiger partial charge in [0.1, 0.15) is 6.10 Å². The van der Waals surface area contributed by atoms with Gasteiger partial charge >= 0.3 is 5.97 Å². The molecule has 0 fully saturated rings. The maximum absolute atomic E-state index is 9.45. The maximum Gasteiger partial charge on any atom is 0.332 e. The van der Waals surface area contributed by atoms with E-state index in [1.807, 2.05) is 0 Å². The summed E-state index contributed by atoms with van der Waals surface area (Å²) in [7, 11) is 0. The van der Waals surface area contributed by atoms with E-state index in [9.17, 15) is 4.79 Å². The van der Waals surface area contributed by atoms with Gasteiger partial charge in [0.25, 0.3) is 12.4 Å². The zero-order chi connectivity index (χ0) is 14.1. The van der Waals surface area contributed by atoms with Crippen LogP contribution < -0.4 is 0 Å². The van der Waals surface area contributed by atoms with Crippen molar-refractivity contribution in [2.75, 3.05) is 6.61 Å². The average Bonchev–Trinajstić information content (AvgIpc) is 2.05. The minimum absolute atomic E-state index is 0.250. The molecule has 8 nitrogen and oxygen atoms in total. The molecule has 16 heavy (non-hydrogen) atoms. The van der Waals surface area contributed by atoms with Gasteiger partial charge in [-0.15, -0.1) is 0 Å². The van der Waals surface area contributed by atoms with E-state index in [0.717, 1.165) is 6.92 Å². The summed E-state index contributed by atoms with van der Waals surface area (Å²) in [5, 5.41) is 37.6. The van der Waals surface area contributed by atoms with Crippen molar-refractivity contribution in [1.29, 1.82) is 0 Å². The van der Waals surface area contributed by atoms with E-state index >= 15 is 0 Å². The summed E-state index contributed by atoms with van der Waals surface area (Å²) >= 11 is 0. The summed E-state index contributed by atoms with van der Waals surface area (Å²) in [5.74, 6) is -2.02. The average molecular weight is 242 g/mol. The van der Waals surface area contributed by atoms with Gasteiger partial charge in [0.2, 0.25) is 0 Å². The first-order chi connectivity index (χ1) is 7.20. The number of carboxylic acids is 2. The molecule has 5 N–H and O–H groups in total. The number of rotatable bonds is 1. The number of aliphatic hydroxyl groups is 2. The fraction of sp³-hybridized carbons (Fsp3) is 0.625. The fourth-order valence-corrected chi connectivity index (χ4v) is 0. The van der Waals surface area contributed by atoms with Crippen LogP contribution in [0.5, 0.6) is 0 Å². The molecule has 0 aliphatic heterocycles. The van der Waals surface area contributed by atoms with Crippen molar-refractivity contribution >= 4 is 18.4 Å². The second-order valence-corrected chi connectivity index (χ2v) is 1.95. The van der Waals surface area contributed by atoms with Gasteiger partial charge in [0, 0.05) is 13.5 Å². The first kappa shape index (κ1) is 23.9. The van der Waals surface area contributed by atoms with Crippen molar-refractivity contribution in [3.05, 3.63) is 0 Å². The highest BCUT2D eigenvalue weighted by Gasteiger charge is 2.01. The summed E-state index contributed by atoms with van der Waals surface area (Å²) in [5.41, 5.74) is 0. The number of hydrogen-bond donors (Lipinski definition) is 5. The van der Waals surface area contributed by atoms with E-state index in [4.69, 9.17) is 35.1 Å². The highest BCUT2D eigenvalue weighted by molar-refractivity contribution is 5.71. The summed E-state index contributed by atoms with van der Waals surface area (Å²) in [6.07, 6.45) is -1.23. The number of aliphatic carboxylic acids is 2. The Morgan fingerprint density at radius 1 is 1.31 bits per heavy atom. The molecule has 0 bridgehead atoms. The smallest absolute Gasteiger partial charge is 0.332 e. The maximum atomic E-state index is 9.45. The molecule has 0 rings (SSSR count). The molecule has 0 radical (unpaired) electrons. The zero-order valence-corrected chi connectivity index (χ0v) is 9.32. The highest BCUT2D eigenvalue weighted by atomic mass is 16.4. The number of carbonyl (C=O) groups is 3. The molecule has 0 aliphatic carbocycles. The first-order valence-corrected chi connectivity index (χ1v) is 4.00. The van der Waals surface area contributed by atoms with Crippen molar-refractivity contribution < 1.29 is 39.9 Å². The van der Waals surface area contributed by atoms with Gasteiger partial charge in [0.05, 0.1) is 0 Å². The molecule has 1 atom stereocenters. The minimum Gasteiger partial charge on any atom is -0.483 e. The third-order valence-corrected chi connectivity index (χ3v) is 0.357. The van der Waals surface area contributed by atoms with Crippen LogP contribution >= 0.6 is 0 Å². The lowest BCUT2D eigenvalue weighted by atomic mass is 10.4. The van der Waals surface area contributed by atoms with Crippen molar-refractivity contribution in [3.8, 4) is 0 Å². The Balaban J connectivity index is -0.0000000635. The van der Waals surface area contributed by atoms with E-state index in [2.05, 4.69) is 0 Å². The van der Waals surface area contributed by atoms with Gasteiger partial charge in [-0.05, 0) is 13.8 Å². The number of hydrogen-bond acceptors (Lipinski definition) is 5. The van der Waals surface area contributed by atoms with Crippen LogP contribution in [-0.4, -0.2) is 56.7 Å². The Bertz CT molecular complexity index is 161. The largest absolute Gasteiger partial charge is 0.483 e. The van der Waals surface area contributed by atoms with E-state index in [1.165, 1.54) is 6.92 Å². The third-order valence-electron chi connectivity index (χ3n) is 0.357. The molecule has 0 heterocycles. The molecule has 0 saturated carbocycles. The molecule has 0 spiro atoms. The molecular formula is C8H18O8. The summed E-state index contributed by atoms with van der Waals surface area (Å²) in [6.45, 7) is 3.96. The SMILES string of the molecule is CC(=O)O.CC(O)C(=O)O.CCO.O=CO.